The molecule has 2 aliphatic rings. The second-order valence-electron chi connectivity index (χ2n) is 6.90. The van der Waals surface area contributed by atoms with E-state index < -0.39 is 0 Å². The molecule has 3 rings (SSSR count). The summed E-state index contributed by atoms with van der Waals surface area (Å²) in [4.78, 5) is 13.0. The van der Waals surface area contributed by atoms with E-state index in [1.807, 2.05) is 9.80 Å². The molecule has 0 amide bonds. The molecule has 1 aromatic heterocycles. The third kappa shape index (κ3) is 3.54. The number of rotatable bonds is 2. The fourth-order valence-corrected chi connectivity index (χ4v) is 3.41. The average molecular weight is 341 g/mol. The van der Waals surface area contributed by atoms with Crippen LogP contribution >= 0.6 is 11.6 Å². The summed E-state index contributed by atoms with van der Waals surface area (Å²) >= 11 is 6.29. The molecule has 23 heavy (non-hydrogen) atoms. The zero-order chi connectivity index (χ0) is 16.6. The van der Waals surface area contributed by atoms with Gasteiger partial charge in [-0.05, 0) is 24.7 Å². The van der Waals surface area contributed by atoms with Gasteiger partial charge in [-0.25, -0.2) is 4.98 Å². The fourth-order valence-electron chi connectivity index (χ4n) is 3.20. The molecule has 4 unspecified atom stereocenters. The number of piperidine rings is 2. The zero-order valence-corrected chi connectivity index (χ0v) is 14.4. The van der Waals surface area contributed by atoms with Gasteiger partial charge in [0.2, 0.25) is 5.95 Å². The van der Waals surface area contributed by atoms with Crippen molar-refractivity contribution in [3.8, 4) is 0 Å². The summed E-state index contributed by atoms with van der Waals surface area (Å²) in [6.45, 7) is 6.86. The van der Waals surface area contributed by atoms with Crippen LogP contribution in [-0.2, 0) is 0 Å². The van der Waals surface area contributed by atoms with E-state index in [9.17, 15) is 10.2 Å². The minimum absolute atomic E-state index is 0.296. The van der Waals surface area contributed by atoms with Crippen molar-refractivity contribution >= 4 is 23.4 Å². The number of aliphatic hydroxyl groups excluding tert-OH is 2. The Balaban J connectivity index is 1.79. The van der Waals surface area contributed by atoms with Crippen molar-refractivity contribution in [3.63, 3.8) is 0 Å². The highest BCUT2D eigenvalue weighted by Gasteiger charge is 2.29. The Morgan fingerprint density at radius 1 is 1.04 bits per heavy atom. The number of nitrogens with zero attached hydrogens (tertiary/aromatic N) is 4. The van der Waals surface area contributed by atoms with Gasteiger partial charge in [0.1, 0.15) is 5.02 Å². The molecule has 2 N–H and O–H groups in total. The van der Waals surface area contributed by atoms with Gasteiger partial charge in [0.25, 0.3) is 0 Å². The van der Waals surface area contributed by atoms with E-state index in [1.54, 1.807) is 6.20 Å². The molecule has 4 atom stereocenters. The topological polar surface area (TPSA) is 72.7 Å². The number of β-amino-alcohol motifs (C(OH)–C–C–N with tert-alkyl or cyclic N) is 2. The van der Waals surface area contributed by atoms with Crippen molar-refractivity contribution in [3.05, 3.63) is 11.2 Å². The third-order valence-electron chi connectivity index (χ3n) is 5.13. The Hall–Kier alpha value is -1.11. The number of halogens is 1. The second kappa shape index (κ2) is 6.79. The van der Waals surface area contributed by atoms with Crippen molar-refractivity contribution < 1.29 is 10.2 Å². The predicted molar refractivity (Wildman–Crippen MR) is 91.0 cm³/mol. The van der Waals surface area contributed by atoms with E-state index in [1.165, 1.54) is 0 Å². The number of aromatic nitrogens is 2. The van der Waals surface area contributed by atoms with E-state index in [0.717, 1.165) is 25.9 Å². The minimum Gasteiger partial charge on any atom is -0.391 e. The first kappa shape index (κ1) is 16.7. The molecule has 0 aliphatic carbocycles. The summed E-state index contributed by atoms with van der Waals surface area (Å²) in [6, 6.07) is 0. The molecule has 2 aliphatic heterocycles. The lowest BCUT2D eigenvalue weighted by Crippen LogP contribution is -2.45. The smallest absolute Gasteiger partial charge is 0.227 e. The van der Waals surface area contributed by atoms with Gasteiger partial charge in [-0.1, -0.05) is 25.4 Å². The first-order valence-corrected chi connectivity index (χ1v) is 8.72. The maximum Gasteiger partial charge on any atom is 0.227 e. The van der Waals surface area contributed by atoms with Crippen LogP contribution < -0.4 is 9.80 Å². The van der Waals surface area contributed by atoms with Crippen LogP contribution in [0.2, 0.25) is 5.02 Å². The Labute approximate surface area is 142 Å². The number of anilines is 2. The summed E-state index contributed by atoms with van der Waals surface area (Å²) in [7, 11) is 0. The third-order valence-corrected chi connectivity index (χ3v) is 5.40. The van der Waals surface area contributed by atoms with E-state index in [0.29, 0.717) is 41.7 Å². The Morgan fingerprint density at radius 2 is 1.61 bits per heavy atom. The van der Waals surface area contributed by atoms with E-state index in [4.69, 9.17) is 11.6 Å². The quantitative estimate of drug-likeness (QED) is 0.851. The first-order chi connectivity index (χ1) is 11.0. The molecule has 1 aromatic rings. The lowest BCUT2D eigenvalue weighted by Gasteiger charge is -2.37. The molecule has 2 fully saturated rings. The molecule has 0 aromatic carbocycles. The van der Waals surface area contributed by atoms with Gasteiger partial charge in [-0.2, -0.15) is 4.98 Å². The van der Waals surface area contributed by atoms with Crippen LogP contribution in [-0.4, -0.2) is 58.6 Å². The number of hydrogen-bond acceptors (Lipinski definition) is 6. The van der Waals surface area contributed by atoms with Crippen LogP contribution in [0.25, 0.3) is 0 Å². The Kier molecular flexibility index (Phi) is 4.94. The van der Waals surface area contributed by atoms with Crippen molar-refractivity contribution in [2.45, 2.75) is 38.9 Å². The lowest BCUT2D eigenvalue weighted by atomic mass is 9.96. The van der Waals surface area contributed by atoms with Gasteiger partial charge < -0.3 is 20.0 Å². The maximum absolute atomic E-state index is 10.1. The van der Waals surface area contributed by atoms with Crippen LogP contribution in [0.4, 0.5) is 11.8 Å². The summed E-state index contributed by atoms with van der Waals surface area (Å²) in [6.07, 6.45) is 2.73. The van der Waals surface area contributed by atoms with Crippen LogP contribution in [0.1, 0.15) is 26.7 Å². The molecular weight excluding hydrogens is 316 g/mol. The molecule has 2 saturated heterocycles. The normalized spacial score (nSPS) is 32.2. The molecule has 128 valence electrons. The highest BCUT2D eigenvalue weighted by Crippen LogP contribution is 2.30. The van der Waals surface area contributed by atoms with Crippen molar-refractivity contribution in [1.29, 1.82) is 0 Å². The molecule has 3 heterocycles. The van der Waals surface area contributed by atoms with Crippen molar-refractivity contribution in [2.24, 2.45) is 11.8 Å². The molecule has 0 bridgehead atoms. The van der Waals surface area contributed by atoms with Crippen LogP contribution in [0.3, 0.4) is 0 Å². The van der Waals surface area contributed by atoms with Gasteiger partial charge in [0.15, 0.2) is 5.82 Å². The van der Waals surface area contributed by atoms with Gasteiger partial charge in [-0.3, -0.25) is 0 Å². The van der Waals surface area contributed by atoms with E-state index in [-0.39, 0.29) is 12.2 Å². The van der Waals surface area contributed by atoms with Crippen molar-refractivity contribution in [1.82, 2.24) is 9.97 Å². The summed E-state index contributed by atoms with van der Waals surface area (Å²) < 4.78 is 0. The largest absolute Gasteiger partial charge is 0.391 e. The zero-order valence-electron chi connectivity index (χ0n) is 13.7. The molecule has 0 saturated carbocycles. The molecule has 6 nitrogen and oxygen atoms in total. The van der Waals surface area contributed by atoms with E-state index >= 15 is 0 Å². The predicted octanol–water partition coefficient (Wildman–Crippen LogP) is 1.54. The average Bonchev–Trinajstić information content (AvgIpc) is 2.53. The van der Waals surface area contributed by atoms with Crippen LogP contribution in [0.5, 0.6) is 0 Å². The first-order valence-electron chi connectivity index (χ1n) is 8.34. The Morgan fingerprint density at radius 3 is 2.22 bits per heavy atom. The van der Waals surface area contributed by atoms with Crippen LogP contribution in [0.15, 0.2) is 6.20 Å². The maximum atomic E-state index is 10.1. The summed E-state index contributed by atoms with van der Waals surface area (Å²) in [5.74, 6) is 1.88. The molecule has 0 radical (unpaired) electrons. The molecule has 0 spiro atoms. The summed E-state index contributed by atoms with van der Waals surface area (Å²) in [5, 5.41) is 20.7. The highest BCUT2D eigenvalue weighted by atomic mass is 35.5. The molecular formula is C16H25ClN4O2. The molecule has 7 heteroatoms. The van der Waals surface area contributed by atoms with Gasteiger partial charge >= 0.3 is 0 Å². The number of aliphatic hydroxyl groups is 2. The highest BCUT2D eigenvalue weighted by molar-refractivity contribution is 6.32. The Bertz CT molecular complexity index is 559. The van der Waals surface area contributed by atoms with Crippen molar-refractivity contribution in [2.75, 3.05) is 36.0 Å². The van der Waals surface area contributed by atoms with Gasteiger partial charge in [-0.15, -0.1) is 0 Å². The standard InChI is InChI=1S/C16H25ClN4O2/c1-10-3-5-20(8-13(10)22)15-12(17)7-18-16(19-15)21-6-4-11(2)14(23)9-21/h7,10-11,13-14,22-23H,3-6,8-9H2,1-2H3. The second-order valence-corrected chi connectivity index (χ2v) is 7.31. The lowest BCUT2D eigenvalue weighted by molar-refractivity contribution is 0.102. The van der Waals surface area contributed by atoms with Gasteiger partial charge in [0, 0.05) is 26.2 Å². The number of hydrogen-bond donors (Lipinski definition) is 2. The minimum atomic E-state index is -0.365. The fraction of sp³-hybridized carbons (Fsp3) is 0.750. The monoisotopic (exact) mass is 340 g/mol. The van der Waals surface area contributed by atoms with E-state index in [2.05, 4.69) is 23.8 Å². The van der Waals surface area contributed by atoms with Gasteiger partial charge in [0.05, 0.1) is 18.4 Å². The van der Waals surface area contributed by atoms with Crippen LogP contribution in [0, 0.1) is 11.8 Å². The summed E-state index contributed by atoms with van der Waals surface area (Å²) in [5.41, 5.74) is 0. The SMILES string of the molecule is CC1CCN(c2ncc(Cl)c(N3CCC(C)C(O)C3)n2)CC1O.